The zero-order valence-corrected chi connectivity index (χ0v) is 8.99. The van der Waals surface area contributed by atoms with Gasteiger partial charge in [-0.2, -0.15) is 11.8 Å². The van der Waals surface area contributed by atoms with Crippen molar-refractivity contribution in [1.82, 2.24) is 5.32 Å². The van der Waals surface area contributed by atoms with Gasteiger partial charge in [-0.05, 0) is 32.1 Å². The highest BCUT2D eigenvalue weighted by Crippen LogP contribution is 2.36. The van der Waals surface area contributed by atoms with Gasteiger partial charge in [0.05, 0.1) is 0 Å². The zero-order valence-electron chi connectivity index (χ0n) is 8.17. The quantitative estimate of drug-likeness (QED) is 0.724. The molecule has 0 radical (unpaired) electrons. The van der Waals surface area contributed by atoms with Crippen molar-refractivity contribution in [3.63, 3.8) is 0 Å². The van der Waals surface area contributed by atoms with Gasteiger partial charge in [0, 0.05) is 5.25 Å². The van der Waals surface area contributed by atoms with Crippen LogP contribution in [0.1, 0.15) is 26.2 Å². The number of carbonyl (C=O) groups is 1. The average molecular weight is 203 g/mol. The van der Waals surface area contributed by atoms with Crippen molar-refractivity contribution in [2.45, 2.75) is 37.0 Å². The molecule has 1 fully saturated rings. The molecule has 3 nitrogen and oxygen atoms in total. The minimum Gasteiger partial charge on any atom is -0.480 e. The Labute approximate surface area is 83.3 Å². The summed E-state index contributed by atoms with van der Waals surface area (Å²) in [6, 6.07) is 0. The van der Waals surface area contributed by atoms with Gasteiger partial charge in [-0.15, -0.1) is 0 Å². The van der Waals surface area contributed by atoms with Gasteiger partial charge < -0.3 is 10.4 Å². The number of carboxylic acids is 1. The second-order valence-corrected chi connectivity index (χ2v) is 4.66. The highest BCUT2D eigenvalue weighted by Gasteiger charge is 2.44. The summed E-state index contributed by atoms with van der Waals surface area (Å²) >= 11 is 1.77. The lowest BCUT2D eigenvalue weighted by atomic mass is 9.98. The van der Waals surface area contributed by atoms with E-state index in [4.69, 9.17) is 5.11 Å². The van der Waals surface area contributed by atoms with Gasteiger partial charge in [0.25, 0.3) is 0 Å². The van der Waals surface area contributed by atoms with Crippen LogP contribution in [0.15, 0.2) is 0 Å². The Kier molecular flexibility index (Phi) is 3.62. The Bertz CT molecular complexity index is 198. The zero-order chi connectivity index (χ0) is 9.90. The number of thioether (sulfide) groups is 1. The van der Waals surface area contributed by atoms with Crippen molar-refractivity contribution < 1.29 is 9.90 Å². The van der Waals surface area contributed by atoms with Crippen LogP contribution in [0.2, 0.25) is 0 Å². The first-order valence-corrected chi connectivity index (χ1v) is 5.94. The van der Waals surface area contributed by atoms with E-state index < -0.39 is 11.5 Å². The van der Waals surface area contributed by atoms with Crippen LogP contribution < -0.4 is 5.32 Å². The van der Waals surface area contributed by atoms with E-state index in [0.717, 1.165) is 25.8 Å². The Morgan fingerprint density at radius 2 is 2.46 bits per heavy atom. The topological polar surface area (TPSA) is 49.3 Å². The first-order valence-electron chi connectivity index (χ1n) is 4.66. The minimum absolute atomic E-state index is 0.509. The third-order valence-corrected chi connectivity index (χ3v) is 3.80. The lowest BCUT2D eigenvalue weighted by molar-refractivity contribution is -0.144. The van der Waals surface area contributed by atoms with Crippen molar-refractivity contribution in [2.24, 2.45) is 0 Å². The summed E-state index contributed by atoms with van der Waals surface area (Å²) in [7, 11) is 0. The summed E-state index contributed by atoms with van der Waals surface area (Å²) in [5.74, 6) is -0.689. The molecule has 1 rings (SSSR count). The molecule has 0 aromatic heterocycles. The molecule has 0 spiro atoms. The summed E-state index contributed by atoms with van der Waals surface area (Å²) < 4.78 is 0. The van der Waals surface area contributed by atoms with Gasteiger partial charge in [0.2, 0.25) is 0 Å². The lowest BCUT2D eigenvalue weighted by Crippen LogP contribution is -2.50. The van der Waals surface area contributed by atoms with Crippen LogP contribution in [-0.4, -0.2) is 34.7 Å². The van der Waals surface area contributed by atoms with Crippen LogP contribution in [0.3, 0.4) is 0 Å². The van der Waals surface area contributed by atoms with E-state index >= 15 is 0 Å². The Morgan fingerprint density at radius 3 is 2.85 bits per heavy atom. The van der Waals surface area contributed by atoms with Crippen molar-refractivity contribution in [2.75, 3.05) is 12.8 Å². The van der Waals surface area contributed by atoms with Crippen LogP contribution in [0.5, 0.6) is 0 Å². The number of aliphatic carboxylic acids is 1. The fraction of sp³-hybridized carbons (Fsp3) is 0.889. The standard InChI is InChI=1S/C9H17NO2S/c1-3-10-9(8(11)12)5-4-7(6-9)13-2/h7,10H,3-6H2,1-2H3,(H,11,12). The largest absolute Gasteiger partial charge is 0.480 e. The molecule has 0 bridgehead atoms. The number of nitrogens with one attached hydrogen (secondary N) is 1. The molecule has 0 aromatic carbocycles. The van der Waals surface area contributed by atoms with Crippen LogP contribution in [0, 0.1) is 0 Å². The molecule has 0 saturated heterocycles. The molecule has 1 saturated carbocycles. The highest BCUT2D eigenvalue weighted by atomic mass is 32.2. The lowest BCUT2D eigenvalue weighted by Gasteiger charge is -2.25. The van der Waals surface area contributed by atoms with Crippen molar-refractivity contribution in [1.29, 1.82) is 0 Å². The van der Waals surface area contributed by atoms with E-state index in [2.05, 4.69) is 11.6 Å². The normalized spacial score (nSPS) is 33.5. The molecule has 1 aliphatic carbocycles. The molecule has 13 heavy (non-hydrogen) atoms. The van der Waals surface area contributed by atoms with Gasteiger partial charge in [0.1, 0.15) is 5.54 Å². The molecule has 0 heterocycles. The molecule has 0 amide bonds. The average Bonchev–Trinajstić information content (AvgIpc) is 2.50. The molecule has 1 aliphatic rings. The number of rotatable bonds is 4. The smallest absolute Gasteiger partial charge is 0.323 e. The maximum absolute atomic E-state index is 11.1. The predicted octanol–water partition coefficient (Wildman–Crippen LogP) is 1.33. The van der Waals surface area contributed by atoms with Gasteiger partial charge in [-0.25, -0.2) is 0 Å². The van der Waals surface area contributed by atoms with E-state index in [-0.39, 0.29) is 0 Å². The summed E-state index contributed by atoms with van der Waals surface area (Å²) in [6.45, 7) is 2.69. The summed E-state index contributed by atoms with van der Waals surface area (Å²) in [6.07, 6.45) is 4.59. The number of likely N-dealkylation sites (N-methyl/N-ethyl adjacent to an activating group) is 1. The summed E-state index contributed by atoms with van der Waals surface area (Å²) in [5, 5.41) is 12.8. The first kappa shape index (κ1) is 10.9. The Balaban J connectivity index is 2.65. The van der Waals surface area contributed by atoms with Crippen LogP contribution in [-0.2, 0) is 4.79 Å². The van der Waals surface area contributed by atoms with E-state index in [9.17, 15) is 4.79 Å². The minimum atomic E-state index is -0.689. The molecule has 76 valence electrons. The first-order chi connectivity index (χ1) is 6.14. The molecular formula is C9H17NO2S. The molecule has 2 unspecified atom stereocenters. The molecule has 2 atom stereocenters. The van der Waals surface area contributed by atoms with Gasteiger partial charge >= 0.3 is 5.97 Å². The maximum Gasteiger partial charge on any atom is 0.323 e. The van der Waals surface area contributed by atoms with Crippen LogP contribution >= 0.6 is 11.8 Å². The van der Waals surface area contributed by atoms with E-state index in [1.807, 2.05) is 6.92 Å². The molecule has 4 heteroatoms. The number of carboxylic acid groups (broad SMARTS) is 1. The summed E-state index contributed by atoms with van der Waals surface area (Å²) in [4.78, 5) is 11.1. The van der Waals surface area contributed by atoms with Crippen LogP contribution in [0.25, 0.3) is 0 Å². The third-order valence-electron chi connectivity index (χ3n) is 2.73. The van der Waals surface area contributed by atoms with Crippen LogP contribution in [0.4, 0.5) is 0 Å². The van der Waals surface area contributed by atoms with Gasteiger partial charge in [0.15, 0.2) is 0 Å². The monoisotopic (exact) mass is 203 g/mol. The van der Waals surface area contributed by atoms with E-state index in [0.29, 0.717) is 5.25 Å². The van der Waals surface area contributed by atoms with Crippen molar-refractivity contribution in [3.8, 4) is 0 Å². The maximum atomic E-state index is 11.1. The molecule has 2 N–H and O–H groups in total. The third kappa shape index (κ3) is 2.17. The van der Waals surface area contributed by atoms with Gasteiger partial charge in [-0.3, -0.25) is 4.79 Å². The highest BCUT2D eigenvalue weighted by molar-refractivity contribution is 7.99. The fourth-order valence-corrected chi connectivity index (χ4v) is 2.77. The molecular weight excluding hydrogens is 186 g/mol. The number of hydrogen-bond donors (Lipinski definition) is 2. The predicted molar refractivity (Wildman–Crippen MR) is 55.2 cm³/mol. The molecule has 0 aromatic rings. The van der Waals surface area contributed by atoms with E-state index in [1.54, 1.807) is 11.8 Å². The van der Waals surface area contributed by atoms with Gasteiger partial charge in [-0.1, -0.05) is 6.92 Å². The SMILES string of the molecule is CCNC1(C(=O)O)CCC(SC)C1. The fourth-order valence-electron chi connectivity index (χ4n) is 1.97. The second kappa shape index (κ2) is 4.33. The molecule has 0 aliphatic heterocycles. The number of hydrogen-bond acceptors (Lipinski definition) is 3. The van der Waals surface area contributed by atoms with Crippen molar-refractivity contribution in [3.05, 3.63) is 0 Å². The Morgan fingerprint density at radius 1 is 1.77 bits per heavy atom. The van der Waals surface area contributed by atoms with E-state index in [1.165, 1.54) is 0 Å². The van der Waals surface area contributed by atoms with Crippen molar-refractivity contribution >= 4 is 17.7 Å². The summed E-state index contributed by atoms with van der Waals surface area (Å²) in [5.41, 5.74) is -0.636. The Hall–Kier alpha value is -0.220. The second-order valence-electron chi connectivity index (χ2n) is 3.52.